The average Bonchev–Trinajstić information content (AvgIpc) is 2.75. The van der Waals surface area contributed by atoms with E-state index in [1.807, 2.05) is 13.8 Å². The Morgan fingerprint density at radius 1 is 0.903 bits per heavy atom. The van der Waals surface area contributed by atoms with Gasteiger partial charge in [-0.3, -0.25) is 19.7 Å². The minimum atomic E-state index is -0.937. The first-order valence-corrected chi connectivity index (χ1v) is 9.85. The monoisotopic (exact) mass is 422 g/mol. The van der Waals surface area contributed by atoms with Gasteiger partial charge in [0.1, 0.15) is 0 Å². The molecule has 0 saturated heterocycles. The zero-order chi connectivity index (χ0) is 22.5. The predicted molar refractivity (Wildman–Crippen MR) is 111 cm³/mol. The van der Waals surface area contributed by atoms with Crippen LogP contribution in [0.5, 0.6) is 0 Å². The maximum absolute atomic E-state index is 12.9. The van der Waals surface area contributed by atoms with E-state index in [4.69, 9.17) is 4.74 Å². The SMILES string of the molecule is CC(C)CCNC(=O)NC(=O)COC(=O)c1cccc2c1C(=O)c1ccccc1C2=O. The summed E-state index contributed by atoms with van der Waals surface area (Å²) in [5.41, 5.74) is 0.416. The Hall–Kier alpha value is -3.81. The van der Waals surface area contributed by atoms with Gasteiger partial charge < -0.3 is 10.1 Å². The lowest BCUT2D eigenvalue weighted by Crippen LogP contribution is -2.42. The highest BCUT2D eigenvalue weighted by molar-refractivity contribution is 6.30. The number of carbonyl (C=O) groups is 5. The Labute approximate surface area is 179 Å². The van der Waals surface area contributed by atoms with Crippen LogP contribution < -0.4 is 10.6 Å². The zero-order valence-electron chi connectivity index (χ0n) is 17.2. The molecule has 3 amide bonds. The molecule has 8 heteroatoms. The molecule has 0 heterocycles. The van der Waals surface area contributed by atoms with Crippen LogP contribution in [0.25, 0.3) is 0 Å². The van der Waals surface area contributed by atoms with Crippen LogP contribution in [0.15, 0.2) is 42.5 Å². The first-order chi connectivity index (χ1) is 14.8. The summed E-state index contributed by atoms with van der Waals surface area (Å²) in [5, 5.41) is 4.60. The summed E-state index contributed by atoms with van der Waals surface area (Å²) in [6.07, 6.45) is 0.756. The topological polar surface area (TPSA) is 119 Å². The van der Waals surface area contributed by atoms with Crippen LogP contribution in [0.1, 0.15) is 62.5 Å². The van der Waals surface area contributed by atoms with Gasteiger partial charge in [0.05, 0.1) is 5.56 Å². The van der Waals surface area contributed by atoms with Crippen molar-refractivity contribution < 1.29 is 28.7 Å². The smallest absolute Gasteiger partial charge is 0.339 e. The van der Waals surface area contributed by atoms with Crippen molar-refractivity contribution in [2.75, 3.05) is 13.2 Å². The number of esters is 1. The number of hydrogen-bond acceptors (Lipinski definition) is 6. The highest BCUT2D eigenvalue weighted by Crippen LogP contribution is 2.29. The summed E-state index contributed by atoms with van der Waals surface area (Å²) in [5.74, 6) is -2.18. The second-order valence-electron chi connectivity index (χ2n) is 7.49. The molecule has 0 bridgehead atoms. The van der Waals surface area contributed by atoms with Crippen molar-refractivity contribution in [1.29, 1.82) is 0 Å². The average molecular weight is 422 g/mol. The van der Waals surface area contributed by atoms with Gasteiger partial charge in [0.15, 0.2) is 18.2 Å². The van der Waals surface area contributed by atoms with Gasteiger partial charge in [-0.05, 0) is 18.4 Å². The molecule has 0 atom stereocenters. The fraction of sp³-hybridized carbons (Fsp3) is 0.261. The first-order valence-electron chi connectivity index (χ1n) is 9.85. The highest BCUT2D eigenvalue weighted by Gasteiger charge is 2.33. The Bertz CT molecular complexity index is 1070. The van der Waals surface area contributed by atoms with Gasteiger partial charge in [0, 0.05) is 28.8 Å². The van der Waals surface area contributed by atoms with Crippen LogP contribution in [0.2, 0.25) is 0 Å². The van der Waals surface area contributed by atoms with Crippen LogP contribution >= 0.6 is 0 Å². The zero-order valence-corrected chi connectivity index (χ0v) is 17.2. The minimum Gasteiger partial charge on any atom is -0.452 e. The van der Waals surface area contributed by atoms with Gasteiger partial charge in [-0.25, -0.2) is 9.59 Å². The van der Waals surface area contributed by atoms with E-state index in [9.17, 15) is 24.0 Å². The van der Waals surface area contributed by atoms with E-state index < -0.39 is 30.3 Å². The van der Waals surface area contributed by atoms with Gasteiger partial charge >= 0.3 is 12.0 Å². The highest BCUT2D eigenvalue weighted by atomic mass is 16.5. The maximum Gasteiger partial charge on any atom is 0.339 e. The van der Waals surface area contributed by atoms with E-state index in [1.165, 1.54) is 24.3 Å². The van der Waals surface area contributed by atoms with E-state index in [0.29, 0.717) is 12.5 Å². The molecule has 160 valence electrons. The van der Waals surface area contributed by atoms with Crippen LogP contribution in [0.3, 0.4) is 0 Å². The number of rotatable bonds is 6. The number of amides is 3. The summed E-state index contributed by atoms with van der Waals surface area (Å²) < 4.78 is 4.98. The number of urea groups is 1. The summed E-state index contributed by atoms with van der Waals surface area (Å²) in [6, 6.07) is 9.98. The van der Waals surface area contributed by atoms with Crippen LogP contribution in [0.4, 0.5) is 4.79 Å². The predicted octanol–water partition coefficient (Wildman–Crippen LogP) is 2.49. The molecule has 1 aliphatic carbocycles. The van der Waals surface area contributed by atoms with E-state index in [0.717, 1.165) is 6.42 Å². The Morgan fingerprint density at radius 3 is 2.23 bits per heavy atom. The summed E-state index contributed by atoms with van der Waals surface area (Å²) in [4.78, 5) is 61.8. The summed E-state index contributed by atoms with van der Waals surface area (Å²) in [6.45, 7) is 3.70. The van der Waals surface area contributed by atoms with E-state index in [1.54, 1.807) is 18.2 Å². The fourth-order valence-corrected chi connectivity index (χ4v) is 3.21. The molecule has 0 fully saturated rings. The maximum atomic E-state index is 12.9. The summed E-state index contributed by atoms with van der Waals surface area (Å²) in [7, 11) is 0. The van der Waals surface area contributed by atoms with E-state index in [-0.39, 0.29) is 33.6 Å². The van der Waals surface area contributed by atoms with Gasteiger partial charge in [-0.15, -0.1) is 0 Å². The van der Waals surface area contributed by atoms with Crippen LogP contribution in [0, 0.1) is 5.92 Å². The quantitative estimate of drug-likeness (QED) is 0.589. The lowest BCUT2D eigenvalue weighted by atomic mass is 9.82. The van der Waals surface area contributed by atoms with E-state index >= 15 is 0 Å². The molecule has 2 aromatic carbocycles. The first kappa shape index (κ1) is 21.9. The number of ether oxygens (including phenoxy) is 1. The standard InChI is InChI=1S/C23H22N2O6/c1-13(2)10-11-24-23(30)25-18(26)12-31-22(29)17-9-5-8-16-19(17)21(28)15-7-4-3-6-14(15)20(16)27/h3-9,13H,10-12H2,1-2H3,(H2,24,25,26,30). The minimum absolute atomic E-state index is 0.0527. The molecule has 2 N–H and O–H groups in total. The number of ketones is 2. The molecule has 0 saturated carbocycles. The molecule has 2 aromatic rings. The molecular weight excluding hydrogens is 400 g/mol. The molecule has 0 aliphatic heterocycles. The summed E-state index contributed by atoms with van der Waals surface area (Å²) >= 11 is 0. The third-order valence-electron chi connectivity index (χ3n) is 4.77. The van der Waals surface area contributed by atoms with Crippen LogP contribution in [-0.2, 0) is 9.53 Å². The number of hydrogen-bond donors (Lipinski definition) is 2. The molecule has 0 spiro atoms. The Balaban J connectivity index is 1.67. The number of imide groups is 1. The number of nitrogens with one attached hydrogen (secondary N) is 2. The third-order valence-corrected chi connectivity index (χ3v) is 4.77. The van der Waals surface area contributed by atoms with Crippen molar-refractivity contribution in [1.82, 2.24) is 10.6 Å². The lowest BCUT2D eigenvalue weighted by Gasteiger charge is -2.19. The number of carbonyl (C=O) groups excluding carboxylic acids is 5. The molecule has 0 aromatic heterocycles. The second kappa shape index (κ2) is 9.34. The molecule has 8 nitrogen and oxygen atoms in total. The molecular formula is C23H22N2O6. The van der Waals surface area contributed by atoms with Crippen molar-refractivity contribution >= 4 is 29.5 Å². The van der Waals surface area contributed by atoms with E-state index in [2.05, 4.69) is 10.6 Å². The third kappa shape index (κ3) is 4.85. The van der Waals surface area contributed by atoms with Crippen molar-refractivity contribution in [3.05, 3.63) is 70.3 Å². The van der Waals surface area contributed by atoms with Crippen molar-refractivity contribution in [3.63, 3.8) is 0 Å². The molecule has 0 radical (unpaired) electrons. The van der Waals surface area contributed by atoms with Gasteiger partial charge in [-0.1, -0.05) is 50.2 Å². The van der Waals surface area contributed by atoms with Crippen LogP contribution in [-0.4, -0.2) is 42.6 Å². The molecule has 0 unspecified atom stereocenters. The second-order valence-corrected chi connectivity index (χ2v) is 7.49. The molecule has 1 aliphatic rings. The lowest BCUT2D eigenvalue weighted by molar-refractivity contribution is -0.123. The van der Waals surface area contributed by atoms with Crippen molar-refractivity contribution in [3.8, 4) is 0 Å². The fourth-order valence-electron chi connectivity index (χ4n) is 3.21. The Morgan fingerprint density at radius 2 is 1.55 bits per heavy atom. The number of fused-ring (bicyclic) bond motifs is 2. The molecule has 3 rings (SSSR count). The number of benzene rings is 2. The van der Waals surface area contributed by atoms with Crippen molar-refractivity contribution in [2.45, 2.75) is 20.3 Å². The molecule has 31 heavy (non-hydrogen) atoms. The largest absolute Gasteiger partial charge is 0.452 e. The van der Waals surface area contributed by atoms with Gasteiger partial charge in [0.2, 0.25) is 0 Å². The van der Waals surface area contributed by atoms with Gasteiger partial charge in [-0.2, -0.15) is 0 Å². The van der Waals surface area contributed by atoms with Crippen molar-refractivity contribution in [2.24, 2.45) is 5.92 Å². The van der Waals surface area contributed by atoms with Gasteiger partial charge in [0.25, 0.3) is 5.91 Å². The Kier molecular flexibility index (Phi) is 6.59. The normalized spacial score (nSPS) is 12.1.